The van der Waals surface area contributed by atoms with Crippen molar-refractivity contribution >= 4 is 188 Å². The smallest absolute Gasteiger partial charge is 0.281 e. The number of aromatic nitrogens is 23. The van der Waals surface area contributed by atoms with Crippen LogP contribution in [0.25, 0.3) is 66.9 Å². The molecule has 0 aliphatic carbocycles. The zero-order valence-corrected chi connectivity index (χ0v) is 94.6. The molecule has 6 fully saturated rings. The van der Waals surface area contributed by atoms with E-state index in [1.807, 2.05) is 13.0 Å². The van der Waals surface area contributed by atoms with E-state index in [1.165, 1.54) is 41.8 Å². The quantitative estimate of drug-likeness (QED) is 0.0270. The van der Waals surface area contributed by atoms with E-state index in [-0.39, 0.29) is 69.4 Å². The molecule has 24 atom stereocenters. The van der Waals surface area contributed by atoms with E-state index in [9.17, 15) is 80.5 Å². The minimum absolute atomic E-state index is 0. The molecule has 48 nitrogen and oxygen atoms in total. The van der Waals surface area contributed by atoms with E-state index in [2.05, 4.69) is 203 Å². The molecule has 0 aromatic carbocycles. The first-order valence-electron chi connectivity index (χ1n) is 48.4. The largest absolute Gasteiger partial charge is 0.388 e. The number of imidazole rings is 5. The molecule has 6 aliphatic rings. The Kier molecular flexibility index (Phi) is 38.2. The van der Waals surface area contributed by atoms with Crippen molar-refractivity contribution in [3.05, 3.63) is 112 Å². The summed E-state index contributed by atoms with van der Waals surface area (Å²) in [4.78, 5) is 111. The molecule has 0 radical (unpaired) electrons. The summed E-state index contributed by atoms with van der Waals surface area (Å²) < 4.78 is 47.2. The summed E-state index contributed by atoms with van der Waals surface area (Å²) >= 11 is 10.5. The van der Waals surface area contributed by atoms with Gasteiger partial charge in [0, 0.05) is 34.4 Å². The van der Waals surface area contributed by atoms with Crippen molar-refractivity contribution in [2.24, 2.45) is 7.05 Å². The molecule has 18 heterocycles. The van der Waals surface area contributed by atoms with Crippen LogP contribution in [0.3, 0.4) is 0 Å². The fourth-order valence-electron chi connectivity index (χ4n) is 17.9. The number of nitrogens with two attached hydrogens (primary N) is 1. The predicted molar refractivity (Wildman–Crippen MR) is 607 cm³/mol. The maximum atomic E-state index is 12.3. The number of nitrogen functional groups attached to an aromatic ring is 1. The number of aryl methyl sites for hydroxylation is 4. The van der Waals surface area contributed by atoms with E-state index in [4.69, 9.17) is 58.6 Å². The Morgan fingerprint density at radius 2 is 0.707 bits per heavy atom. The summed E-state index contributed by atoms with van der Waals surface area (Å²) in [5.41, 5.74) is 8.19. The van der Waals surface area contributed by atoms with Crippen LogP contribution in [0.2, 0.25) is 0 Å². The van der Waals surface area contributed by atoms with Gasteiger partial charge in [-0.25, -0.2) is 44.9 Å². The number of nitrogens with one attached hydrogen (secondary N) is 6. The van der Waals surface area contributed by atoms with Crippen molar-refractivity contribution in [3.63, 3.8) is 0 Å². The highest BCUT2D eigenvalue weighted by Crippen LogP contribution is 2.48. The van der Waals surface area contributed by atoms with Crippen LogP contribution in [0.15, 0.2) is 56.8 Å². The van der Waals surface area contributed by atoms with Gasteiger partial charge in [-0.05, 0) is 189 Å². The molecule has 0 saturated carbocycles. The average Bonchev–Trinajstić information content (AvgIpc) is 1.64. The Balaban J connectivity index is 0.000000159. The third-order valence-corrected chi connectivity index (χ3v) is 35.7. The molecule has 0 bridgehead atoms. The number of nitrogens with zero attached hydrogens (tertiary/aromatic N) is 19. The number of fused-ring (bicyclic) bond motifs is 6. The van der Waals surface area contributed by atoms with Gasteiger partial charge >= 0.3 is 0 Å². The van der Waals surface area contributed by atoms with Crippen LogP contribution in [0, 0.1) is 37.0 Å². The summed E-state index contributed by atoms with van der Waals surface area (Å²) in [6.45, 7) is 25.0. The van der Waals surface area contributed by atoms with Gasteiger partial charge in [-0.15, -0.1) is 79.1 Å². The molecule has 830 valence electrons. The number of ether oxygens (including phenoxy) is 6. The Bertz CT molecular complexity index is 7410. The van der Waals surface area contributed by atoms with Gasteiger partial charge in [0.1, 0.15) is 118 Å². The number of aliphatic hydroxyl groups excluding tert-OH is 12. The maximum absolute atomic E-state index is 12.3. The molecule has 20 N–H and O–H groups in total. The monoisotopic (exact) mass is 2240 g/mol. The maximum Gasteiger partial charge on any atom is 0.281 e. The molecule has 6 aliphatic heterocycles. The van der Waals surface area contributed by atoms with E-state index in [0.29, 0.717) is 99.5 Å². The highest BCUT2D eigenvalue weighted by molar-refractivity contribution is 7.74. The first-order valence-corrected chi connectivity index (χ1v) is 67.5. The van der Waals surface area contributed by atoms with Gasteiger partial charge in [-0.1, -0.05) is 31.9 Å². The lowest BCUT2D eigenvalue weighted by Crippen LogP contribution is -2.32. The minimum atomic E-state index is -1.28. The standard InChI is InChI=1S/C16H26N5O4P.C16H25N4O4P.C16H24N3O3PS.2C15H24N5O4P.C15H23N4O3PS.CH4/c1-20(2)16-18-13-10(14(24)19-16)17-8-21(13)15-12(23)11(22)9(25-15)6-7-26(3,4)5;1-9-18-14-11(15(23)19(9)2)17-8-20(14)16-13(22)12(21)10(24-16)6-7-25(3,4)5;1-9-17-14-10(15(24)18-9)5-7-19(14)16-13(21)12(20)11(22-16)6-8-23(2,3)4;1-16-15-18-12-9(13(23)19-15)17-7-20(12)14-11(22)10(21)8(24-14)5-6-25(2,3)4;1-7-17-12-9(13(23)18-7)19-15(16)20(12)14-11(22)10(21)8(24-14)5-6-25(2,3)4;1-8-17-13-10(14(24)18-8)16-7-19(13)15-12(21)11(20)9(22-15)5-6-23(2,3)4;/h8-9,11-12,15,22-23H,3,6-7H2,1-2,4-5H3,(H,18,19,24);8,10,12-13,16,21-22H,3,6-7H2,1-2,4-5H3;5,7,11-13,16,20-21H,2,6,8H2,1,3-4H3,(H,17,18,24);7-8,10-11,14,21-22H,2,5-6H2,1,3-4H3,(H2,16,18,19,23);8,10-11,14,21-22H,2,5-6H2,1,3-4H3,(H2,16,19)(H,17,18,23);7,9,11-12,15,20-21H,2,5-6H2,1,3-4H3,(H,17,18,24);1H4/t9-,11-,12-,15?;10-,12-,13-,16?;11-,12-,13-,16?;2*8-,10-,11-,14?;9-,11-,12-,15?;/m111111./s1. The summed E-state index contributed by atoms with van der Waals surface area (Å²) in [6, 6.07) is 1.85. The number of aromatic amines is 5. The Labute approximate surface area is 878 Å². The molecule has 150 heavy (non-hydrogen) atoms. The third-order valence-electron chi connectivity index (χ3n) is 26.3. The van der Waals surface area contributed by atoms with Gasteiger partial charge in [0.2, 0.25) is 17.8 Å². The highest BCUT2D eigenvalue weighted by Gasteiger charge is 2.51. The van der Waals surface area contributed by atoms with Crippen LogP contribution in [0.5, 0.6) is 0 Å². The lowest BCUT2D eigenvalue weighted by molar-refractivity contribution is -0.0353. The fraction of sp³-hybridized carbons (Fsp3) is 0.606. The van der Waals surface area contributed by atoms with Gasteiger partial charge < -0.3 is 125 Å². The third kappa shape index (κ3) is 27.8. The SMILES string of the molecule is C.C=P(C)(C)CC[C@H]1OC(n2c(N)nc3c(=O)[nH]c(C)nc32)[C@H](O)[C@@H]1O.C=P(C)(C)CC[C@H]1OC(n2ccc3c(=S)nc(C)[nH]c32)[C@H](O)[C@@H]1O.C=P(C)(C)CC[C@H]1OC(n2cnc3c(=O)[nH]c(N(C)C)nc32)[C@H](O)[C@@H]1O.C=P(C)(C)CC[C@H]1OC(n2cnc3c(=O)[nH]c(NC)nc32)[C@H](O)[C@@H]1O.C=P(C)(C)CC[C@H]1OC(n2cnc3c(=O)n(C)c(C)nc32)[C@H](O)[C@@H]1O.C=P(C)(C)CC[C@H]1OC(n2cnc3c(=S)nc(C)[nH]c32)[C@H](O)[C@@H]1O. The van der Waals surface area contributed by atoms with Gasteiger partial charge in [0.05, 0.1) is 67.3 Å². The normalized spacial score (nSPS) is 27.1. The van der Waals surface area contributed by atoms with Crippen molar-refractivity contribution in [2.75, 3.05) is 154 Å². The number of anilines is 3. The first-order chi connectivity index (χ1) is 69.3. The minimum Gasteiger partial charge on any atom is -0.388 e. The highest BCUT2D eigenvalue weighted by atomic mass is 32.1. The molecular weight excluding hydrogens is 2100 g/mol. The lowest BCUT2D eigenvalue weighted by atomic mass is 10.1. The topological polar surface area (TPSA) is 663 Å². The second kappa shape index (κ2) is 47.7. The zero-order valence-electron chi connectivity index (χ0n) is 87.6. The lowest BCUT2D eigenvalue weighted by Gasteiger charge is -2.19. The Morgan fingerprint density at radius 3 is 1.10 bits per heavy atom. The fourth-order valence-corrected chi connectivity index (χ4v) is 24.2. The number of hydrogen-bond acceptors (Lipinski definition) is 38. The number of rotatable bonds is 26. The zero-order chi connectivity index (χ0) is 110. The van der Waals surface area contributed by atoms with Gasteiger partial charge in [-0.3, -0.25) is 56.5 Å². The molecule has 0 spiro atoms. The van der Waals surface area contributed by atoms with Crippen LogP contribution in [0.1, 0.15) is 107 Å². The number of H-pyrrole nitrogens is 5. The molecular formula is C94H150N26O22P6S2. The van der Waals surface area contributed by atoms with Crippen molar-refractivity contribution in [1.29, 1.82) is 0 Å². The molecule has 12 aromatic rings. The van der Waals surface area contributed by atoms with Crippen LogP contribution >= 0.6 is 65.8 Å². The molecule has 6 saturated heterocycles. The Hall–Kier alpha value is -8.51. The van der Waals surface area contributed by atoms with Gasteiger partial charge in [0.15, 0.2) is 86.7 Å². The number of aliphatic hydroxyl groups is 12. The van der Waals surface area contributed by atoms with Crippen molar-refractivity contribution in [3.8, 4) is 0 Å². The molecule has 6 unspecified atom stereocenters. The van der Waals surface area contributed by atoms with Crippen LogP contribution in [-0.2, 0) is 35.5 Å². The first kappa shape index (κ1) is 120. The Morgan fingerprint density at radius 1 is 0.387 bits per heavy atom. The van der Waals surface area contributed by atoms with E-state index in [1.54, 1.807) is 75.5 Å². The summed E-state index contributed by atoms with van der Waals surface area (Å²) in [5, 5.41) is 128. The summed E-state index contributed by atoms with van der Waals surface area (Å²) in [6.07, 6.45) is 21.4. The molecule has 0 amide bonds. The second-order valence-electron chi connectivity index (χ2n) is 43.2. The van der Waals surface area contributed by atoms with Crippen molar-refractivity contribution in [2.45, 2.75) is 221 Å². The predicted octanol–water partition coefficient (Wildman–Crippen LogP) is 3.94. The molecule has 18 rings (SSSR count). The second-order valence-corrected chi connectivity index (χ2v) is 69.8. The van der Waals surface area contributed by atoms with Crippen LogP contribution in [0.4, 0.5) is 17.8 Å². The summed E-state index contributed by atoms with van der Waals surface area (Å²) in [5.74, 6) is 2.94. The van der Waals surface area contributed by atoms with Crippen LogP contribution in [-0.4, -0.2) is 459 Å². The molecule has 12 aromatic heterocycles. The average molecular weight is 2250 g/mol. The van der Waals surface area contributed by atoms with E-state index < -0.39 is 194 Å². The molecule has 56 heteroatoms. The summed E-state index contributed by atoms with van der Waals surface area (Å²) in [7, 11) is 6.78. The van der Waals surface area contributed by atoms with Crippen molar-refractivity contribution in [1.82, 2.24) is 112 Å². The van der Waals surface area contributed by atoms with Gasteiger partial charge in [0.25, 0.3) is 22.2 Å². The van der Waals surface area contributed by atoms with Crippen molar-refractivity contribution < 1.29 is 89.7 Å². The van der Waals surface area contributed by atoms with E-state index >= 15 is 0 Å². The van der Waals surface area contributed by atoms with Crippen LogP contribution < -0.4 is 38.2 Å². The van der Waals surface area contributed by atoms with Gasteiger partial charge in [-0.2, -0.15) is 9.97 Å². The van der Waals surface area contributed by atoms with E-state index in [0.717, 1.165) is 48.0 Å². The number of hydrogen-bond donors (Lipinski definition) is 19.